The molecular formula is C14H22O2. The van der Waals surface area contributed by atoms with Crippen molar-refractivity contribution in [2.24, 2.45) is 17.8 Å². The summed E-state index contributed by atoms with van der Waals surface area (Å²) in [5.74, 6) is 1.10. The fourth-order valence-corrected chi connectivity index (χ4v) is 2.97. The van der Waals surface area contributed by atoms with E-state index in [-0.39, 0.29) is 17.5 Å². The number of hydrogen-bond acceptors (Lipinski definition) is 2. The molecule has 90 valence electrons. The molecule has 3 unspecified atom stereocenters. The first-order valence-electron chi connectivity index (χ1n) is 6.37. The van der Waals surface area contributed by atoms with E-state index < -0.39 is 0 Å². The average Bonchev–Trinajstić information content (AvgIpc) is 2.13. The number of rotatable bonds is 1. The zero-order valence-electron chi connectivity index (χ0n) is 10.5. The topological polar surface area (TPSA) is 26.3 Å². The maximum absolute atomic E-state index is 12.2. The van der Waals surface area contributed by atoms with Crippen molar-refractivity contribution in [1.82, 2.24) is 0 Å². The van der Waals surface area contributed by atoms with E-state index in [1.54, 1.807) is 0 Å². The van der Waals surface area contributed by atoms with Crippen molar-refractivity contribution in [3.63, 3.8) is 0 Å². The molecule has 2 bridgehead atoms. The summed E-state index contributed by atoms with van der Waals surface area (Å²) in [4.78, 5) is 12.2. The van der Waals surface area contributed by atoms with Crippen molar-refractivity contribution in [3.8, 4) is 0 Å². The van der Waals surface area contributed by atoms with E-state index >= 15 is 0 Å². The summed E-state index contributed by atoms with van der Waals surface area (Å²) in [5.41, 5.74) is -0.355. The molecule has 16 heavy (non-hydrogen) atoms. The Hall–Kier alpha value is -0.790. The minimum absolute atomic E-state index is 0.0200. The highest BCUT2D eigenvalue weighted by Crippen LogP contribution is 2.42. The minimum Gasteiger partial charge on any atom is -0.460 e. The molecule has 0 aromatic heterocycles. The molecular weight excluding hydrogens is 200 g/mol. The lowest BCUT2D eigenvalue weighted by Gasteiger charge is -2.39. The van der Waals surface area contributed by atoms with Gasteiger partial charge in [-0.3, -0.25) is 4.79 Å². The van der Waals surface area contributed by atoms with Gasteiger partial charge in [0.15, 0.2) is 0 Å². The Balaban J connectivity index is 2.08. The Labute approximate surface area is 98.1 Å². The second kappa shape index (κ2) is 4.23. The molecule has 1 saturated carbocycles. The molecule has 2 nitrogen and oxygen atoms in total. The van der Waals surface area contributed by atoms with Gasteiger partial charge >= 0.3 is 5.97 Å². The Morgan fingerprint density at radius 1 is 1.31 bits per heavy atom. The molecule has 2 rings (SSSR count). The summed E-state index contributed by atoms with van der Waals surface area (Å²) >= 11 is 0. The fraction of sp³-hybridized carbons (Fsp3) is 0.786. The second-order valence-electron chi connectivity index (χ2n) is 6.08. The minimum atomic E-state index is -0.355. The molecule has 2 aliphatic carbocycles. The molecule has 0 amide bonds. The lowest BCUT2D eigenvalue weighted by atomic mass is 9.67. The van der Waals surface area contributed by atoms with Gasteiger partial charge in [-0.05, 0) is 51.9 Å². The summed E-state index contributed by atoms with van der Waals surface area (Å²) in [6.45, 7) is 5.83. The Morgan fingerprint density at radius 2 is 2.06 bits per heavy atom. The number of carbonyl (C=O) groups excluding carboxylic acids is 1. The maximum atomic E-state index is 12.2. The molecule has 0 aliphatic heterocycles. The summed E-state index contributed by atoms with van der Waals surface area (Å²) < 4.78 is 5.54. The van der Waals surface area contributed by atoms with Gasteiger partial charge in [0, 0.05) is 0 Å². The highest BCUT2D eigenvalue weighted by Gasteiger charge is 2.40. The molecule has 3 atom stereocenters. The van der Waals surface area contributed by atoms with Crippen LogP contribution in [0.5, 0.6) is 0 Å². The van der Waals surface area contributed by atoms with Gasteiger partial charge in [-0.15, -0.1) is 0 Å². The standard InChI is InChI=1S/C14H22O2/c1-14(2,3)16-13(15)12-10-6-4-7-11(12)9-5-8-10/h4,6,10-12H,5,7-9H2,1-3H3. The molecule has 1 fully saturated rings. The number of carbonyl (C=O) groups is 1. The van der Waals surface area contributed by atoms with Crippen molar-refractivity contribution in [2.45, 2.75) is 52.1 Å². The number of ether oxygens (including phenoxy) is 1. The van der Waals surface area contributed by atoms with Crippen LogP contribution in [0.15, 0.2) is 12.2 Å². The lowest BCUT2D eigenvalue weighted by molar-refractivity contribution is -0.165. The highest BCUT2D eigenvalue weighted by atomic mass is 16.6. The second-order valence-corrected chi connectivity index (χ2v) is 6.08. The summed E-state index contributed by atoms with van der Waals surface area (Å²) in [6, 6.07) is 0. The van der Waals surface area contributed by atoms with Gasteiger partial charge in [0.2, 0.25) is 0 Å². The van der Waals surface area contributed by atoms with Crippen LogP contribution < -0.4 is 0 Å². The summed E-state index contributed by atoms with van der Waals surface area (Å²) in [5, 5.41) is 0. The number of esters is 1. The van der Waals surface area contributed by atoms with Gasteiger partial charge in [-0.2, -0.15) is 0 Å². The van der Waals surface area contributed by atoms with E-state index in [0.29, 0.717) is 11.8 Å². The van der Waals surface area contributed by atoms with Crippen molar-refractivity contribution in [3.05, 3.63) is 12.2 Å². The first-order chi connectivity index (χ1) is 7.47. The molecule has 0 spiro atoms. The molecule has 0 aromatic carbocycles. The van der Waals surface area contributed by atoms with Gasteiger partial charge < -0.3 is 4.74 Å². The van der Waals surface area contributed by atoms with Gasteiger partial charge in [0.25, 0.3) is 0 Å². The normalized spacial score (nSPS) is 33.6. The van der Waals surface area contributed by atoms with Crippen LogP contribution >= 0.6 is 0 Å². The maximum Gasteiger partial charge on any atom is 0.310 e. The van der Waals surface area contributed by atoms with Crippen LogP contribution in [0.25, 0.3) is 0 Å². The van der Waals surface area contributed by atoms with E-state index in [1.165, 1.54) is 12.8 Å². The molecule has 2 heteroatoms. The van der Waals surface area contributed by atoms with E-state index in [1.807, 2.05) is 20.8 Å². The number of hydrogen-bond donors (Lipinski definition) is 0. The van der Waals surface area contributed by atoms with E-state index in [4.69, 9.17) is 4.74 Å². The Kier molecular flexibility index (Phi) is 3.09. The third-order valence-corrected chi connectivity index (χ3v) is 3.58. The van der Waals surface area contributed by atoms with Crippen LogP contribution in [0, 0.1) is 17.8 Å². The quantitative estimate of drug-likeness (QED) is 0.502. The summed E-state index contributed by atoms with van der Waals surface area (Å²) in [6.07, 6.45) is 9.13. The van der Waals surface area contributed by atoms with Crippen LogP contribution in [0.3, 0.4) is 0 Å². The van der Waals surface area contributed by atoms with Crippen LogP contribution in [-0.2, 0) is 9.53 Å². The van der Waals surface area contributed by atoms with Crippen LogP contribution in [0.2, 0.25) is 0 Å². The van der Waals surface area contributed by atoms with Gasteiger partial charge in [0.05, 0.1) is 5.92 Å². The molecule has 0 radical (unpaired) electrons. The molecule has 0 aromatic rings. The van der Waals surface area contributed by atoms with Crippen LogP contribution in [-0.4, -0.2) is 11.6 Å². The SMILES string of the molecule is CC(C)(C)OC(=O)C1C2C=CCC1CCC2. The molecule has 2 aliphatic rings. The fourth-order valence-electron chi connectivity index (χ4n) is 2.97. The number of allylic oxidation sites excluding steroid dienone is 2. The Bertz CT molecular complexity index is 298. The molecule has 0 N–H and O–H groups in total. The van der Waals surface area contributed by atoms with Crippen molar-refractivity contribution < 1.29 is 9.53 Å². The third kappa shape index (κ3) is 2.47. The van der Waals surface area contributed by atoms with E-state index in [9.17, 15) is 4.79 Å². The first-order valence-corrected chi connectivity index (χ1v) is 6.37. The van der Waals surface area contributed by atoms with Gasteiger partial charge in [-0.1, -0.05) is 18.6 Å². The largest absolute Gasteiger partial charge is 0.460 e. The van der Waals surface area contributed by atoms with Crippen molar-refractivity contribution >= 4 is 5.97 Å². The molecule has 0 heterocycles. The van der Waals surface area contributed by atoms with Gasteiger partial charge in [-0.25, -0.2) is 0 Å². The first kappa shape index (κ1) is 11.7. The molecule has 0 saturated heterocycles. The van der Waals surface area contributed by atoms with Gasteiger partial charge in [0.1, 0.15) is 5.60 Å². The lowest BCUT2D eigenvalue weighted by Crippen LogP contribution is -2.39. The van der Waals surface area contributed by atoms with Crippen LogP contribution in [0.1, 0.15) is 46.5 Å². The van der Waals surface area contributed by atoms with Crippen molar-refractivity contribution in [1.29, 1.82) is 0 Å². The van der Waals surface area contributed by atoms with E-state index in [0.717, 1.165) is 12.8 Å². The monoisotopic (exact) mass is 222 g/mol. The van der Waals surface area contributed by atoms with Crippen molar-refractivity contribution in [2.75, 3.05) is 0 Å². The Morgan fingerprint density at radius 3 is 2.69 bits per heavy atom. The zero-order valence-corrected chi connectivity index (χ0v) is 10.5. The highest BCUT2D eigenvalue weighted by molar-refractivity contribution is 5.74. The smallest absolute Gasteiger partial charge is 0.310 e. The average molecular weight is 222 g/mol. The number of fused-ring (bicyclic) bond motifs is 2. The summed E-state index contributed by atoms with van der Waals surface area (Å²) in [7, 11) is 0. The van der Waals surface area contributed by atoms with E-state index in [2.05, 4.69) is 12.2 Å². The third-order valence-electron chi connectivity index (χ3n) is 3.58. The zero-order chi connectivity index (χ0) is 11.8. The van der Waals surface area contributed by atoms with Crippen LogP contribution in [0.4, 0.5) is 0 Å². The predicted molar refractivity (Wildman–Crippen MR) is 63.9 cm³/mol. The predicted octanol–water partition coefficient (Wildman–Crippen LogP) is 3.32.